The van der Waals surface area contributed by atoms with Crippen LogP contribution in [0.2, 0.25) is 5.02 Å². The van der Waals surface area contributed by atoms with Gasteiger partial charge in [-0.1, -0.05) is 11.6 Å². The smallest absolute Gasteiger partial charge is 0.248 e. The van der Waals surface area contributed by atoms with Gasteiger partial charge in [-0.05, 0) is 25.0 Å². The normalized spacial score (nSPS) is 19.2. The van der Waals surface area contributed by atoms with Crippen molar-refractivity contribution in [3.8, 4) is 0 Å². The predicted octanol–water partition coefficient (Wildman–Crippen LogP) is 1.60. The largest absolute Gasteiger partial charge is 0.334 e. The molecule has 2 rings (SSSR count). The first kappa shape index (κ1) is 12.8. The zero-order valence-electron chi connectivity index (χ0n) is 10.2. The Morgan fingerprint density at radius 3 is 2.89 bits per heavy atom. The van der Waals surface area contributed by atoms with E-state index < -0.39 is 6.04 Å². The van der Waals surface area contributed by atoms with E-state index in [1.165, 1.54) is 11.1 Å². The fourth-order valence-electron chi connectivity index (χ4n) is 1.98. The molecule has 0 spiro atoms. The number of hydrogen-bond donors (Lipinski definition) is 1. The van der Waals surface area contributed by atoms with Gasteiger partial charge < -0.3 is 10.2 Å². The highest BCUT2D eigenvalue weighted by Gasteiger charge is 2.33. The number of pyridine rings is 1. The molecule has 5 nitrogen and oxygen atoms in total. The van der Waals surface area contributed by atoms with Crippen LogP contribution in [0.3, 0.4) is 0 Å². The Kier molecular flexibility index (Phi) is 3.52. The highest BCUT2D eigenvalue weighted by molar-refractivity contribution is 6.30. The van der Waals surface area contributed by atoms with E-state index >= 15 is 0 Å². The molecule has 6 heteroatoms. The lowest BCUT2D eigenvalue weighted by Gasteiger charge is -2.19. The monoisotopic (exact) mass is 267 g/mol. The second-order valence-corrected chi connectivity index (χ2v) is 4.80. The van der Waals surface area contributed by atoms with Gasteiger partial charge in [-0.25, -0.2) is 4.98 Å². The topological polar surface area (TPSA) is 62.3 Å². The SMILES string of the molecule is Cc1cc(Cl)cnc1NC(=O)[C@H]1CCC(=O)N1C. The number of nitrogens with zero attached hydrogens (tertiary/aromatic N) is 2. The molecule has 0 radical (unpaired) electrons. The van der Waals surface area contributed by atoms with Crippen LogP contribution >= 0.6 is 11.6 Å². The number of likely N-dealkylation sites (tertiary alicyclic amines) is 1. The van der Waals surface area contributed by atoms with Crippen LogP contribution in [0, 0.1) is 6.92 Å². The number of hydrogen-bond acceptors (Lipinski definition) is 3. The minimum atomic E-state index is -0.408. The maximum absolute atomic E-state index is 12.0. The average Bonchev–Trinajstić information content (AvgIpc) is 2.64. The molecule has 1 atom stereocenters. The summed E-state index contributed by atoms with van der Waals surface area (Å²) in [6, 6.07) is 1.32. The molecule has 1 saturated heterocycles. The minimum absolute atomic E-state index is 0.00376. The van der Waals surface area contributed by atoms with E-state index in [0.29, 0.717) is 23.7 Å². The molecule has 1 aliphatic rings. The zero-order valence-corrected chi connectivity index (χ0v) is 11.0. The third kappa shape index (κ3) is 2.46. The van der Waals surface area contributed by atoms with Gasteiger partial charge in [-0.2, -0.15) is 0 Å². The number of nitrogens with one attached hydrogen (secondary N) is 1. The van der Waals surface area contributed by atoms with Gasteiger partial charge in [0.1, 0.15) is 11.9 Å². The first-order valence-corrected chi connectivity index (χ1v) is 6.05. The minimum Gasteiger partial charge on any atom is -0.334 e. The van der Waals surface area contributed by atoms with Gasteiger partial charge in [0.2, 0.25) is 11.8 Å². The molecule has 1 aliphatic heterocycles. The summed E-state index contributed by atoms with van der Waals surface area (Å²) in [4.78, 5) is 28.9. The van der Waals surface area contributed by atoms with E-state index in [1.807, 2.05) is 6.92 Å². The molecular weight excluding hydrogens is 254 g/mol. The van der Waals surface area contributed by atoms with Gasteiger partial charge in [0.05, 0.1) is 5.02 Å². The fraction of sp³-hybridized carbons (Fsp3) is 0.417. The summed E-state index contributed by atoms with van der Waals surface area (Å²) in [5.41, 5.74) is 0.794. The molecule has 1 fully saturated rings. The summed E-state index contributed by atoms with van der Waals surface area (Å²) < 4.78 is 0. The summed E-state index contributed by atoms with van der Waals surface area (Å²) in [6.45, 7) is 1.82. The van der Waals surface area contributed by atoms with Crippen LogP contribution in [0.4, 0.5) is 5.82 Å². The Labute approximate surface area is 110 Å². The Hall–Kier alpha value is -1.62. The van der Waals surface area contributed by atoms with E-state index in [2.05, 4.69) is 10.3 Å². The summed E-state index contributed by atoms with van der Waals surface area (Å²) in [6.07, 6.45) is 2.45. The van der Waals surface area contributed by atoms with Crippen LogP contribution < -0.4 is 5.32 Å². The quantitative estimate of drug-likeness (QED) is 0.885. The second kappa shape index (κ2) is 4.94. The molecule has 2 heterocycles. The van der Waals surface area contributed by atoms with Crippen LogP contribution in [0.15, 0.2) is 12.3 Å². The number of anilines is 1. The van der Waals surface area contributed by atoms with E-state index in [4.69, 9.17) is 11.6 Å². The van der Waals surface area contributed by atoms with E-state index in [9.17, 15) is 9.59 Å². The molecule has 0 aromatic carbocycles. The van der Waals surface area contributed by atoms with Crippen molar-refractivity contribution in [1.29, 1.82) is 0 Å². The van der Waals surface area contributed by atoms with E-state index in [1.54, 1.807) is 13.1 Å². The summed E-state index contributed by atoms with van der Waals surface area (Å²) in [7, 11) is 1.64. The van der Waals surface area contributed by atoms with Crippen molar-refractivity contribution in [3.63, 3.8) is 0 Å². The number of rotatable bonds is 2. The van der Waals surface area contributed by atoms with Crippen LogP contribution in [0.5, 0.6) is 0 Å². The maximum atomic E-state index is 12.0. The van der Waals surface area contributed by atoms with E-state index in [0.717, 1.165) is 5.56 Å². The number of carbonyl (C=O) groups is 2. The zero-order chi connectivity index (χ0) is 13.3. The molecule has 1 N–H and O–H groups in total. The van der Waals surface area contributed by atoms with Gasteiger partial charge in [0.15, 0.2) is 0 Å². The Bertz CT molecular complexity index is 504. The van der Waals surface area contributed by atoms with Crippen molar-refractivity contribution in [3.05, 3.63) is 22.8 Å². The van der Waals surface area contributed by atoms with Gasteiger partial charge in [-0.3, -0.25) is 9.59 Å². The number of aromatic nitrogens is 1. The molecule has 0 saturated carbocycles. The van der Waals surface area contributed by atoms with Crippen LogP contribution in [-0.2, 0) is 9.59 Å². The van der Waals surface area contributed by atoms with Crippen LogP contribution in [0.1, 0.15) is 18.4 Å². The van der Waals surface area contributed by atoms with Gasteiger partial charge >= 0.3 is 0 Å². The van der Waals surface area contributed by atoms with Crippen molar-refractivity contribution in [2.45, 2.75) is 25.8 Å². The number of aryl methyl sites for hydroxylation is 1. The number of carbonyl (C=O) groups excluding carboxylic acids is 2. The fourth-order valence-corrected chi connectivity index (χ4v) is 2.19. The maximum Gasteiger partial charge on any atom is 0.248 e. The highest BCUT2D eigenvalue weighted by Crippen LogP contribution is 2.20. The molecule has 2 amide bonds. The van der Waals surface area contributed by atoms with Crippen molar-refractivity contribution in [1.82, 2.24) is 9.88 Å². The second-order valence-electron chi connectivity index (χ2n) is 4.37. The van der Waals surface area contributed by atoms with Crippen molar-refractivity contribution in [2.24, 2.45) is 0 Å². The highest BCUT2D eigenvalue weighted by atomic mass is 35.5. The molecule has 0 bridgehead atoms. The first-order valence-electron chi connectivity index (χ1n) is 5.67. The summed E-state index contributed by atoms with van der Waals surface area (Å²) in [5.74, 6) is 0.273. The predicted molar refractivity (Wildman–Crippen MR) is 68.4 cm³/mol. The summed E-state index contributed by atoms with van der Waals surface area (Å²) in [5, 5.41) is 3.25. The molecular formula is C12H14ClN3O2. The Morgan fingerprint density at radius 1 is 1.61 bits per heavy atom. The first-order chi connectivity index (χ1) is 8.49. The molecule has 0 aliphatic carbocycles. The summed E-state index contributed by atoms with van der Waals surface area (Å²) >= 11 is 5.79. The molecule has 18 heavy (non-hydrogen) atoms. The standard InChI is InChI=1S/C12H14ClN3O2/c1-7-5-8(13)6-14-11(7)15-12(18)9-3-4-10(17)16(9)2/h5-6,9H,3-4H2,1-2H3,(H,14,15,18)/t9-/m1/s1. The van der Waals surface area contributed by atoms with Crippen molar-refractivity contribution < 1.29 is 9.59 Å². The van der Waals surface area contributed by atoms with Crippen LogP contribution in [-0.4, -0.2) is 34.8 Å². The number of amides is 2. The van der Waals surface area contributed by atoms with Crippen molar-refractivity contribution in [2.75, 3.05) is 12.4 Å². The molecule has 0 unspecified atom stereocenters. The Balaban J connectivity index is 2.10. The molecule has 1 aromatic heterocycles. The number of halogens is 1. The van der Waals surface area contributed by atoms with Gasteiger partial charge in [0.25, 0.3) is 0 Å². The molecule has 96 valence electrons. The Morgan fingerprint density at radius 2 is 2.33 bits per heavy atom. The lowest BCUT2D eigenvalue weighted by Crippen LogP contribution is -2.39. The lowest BCUT2D eigenvalue weighted by atomic mass is 10.2. The van der Waals surface area contributed by atoms with Gasteiger partial charge in [-0.15, -0.1) is 0 Å². The van der Waals surface area contributed by atoms with Crippen molar-refractivity contribution >= 4 is 29.2 Å². The van der Waals surface area contributed by atoms with E-state index in [-0.39, 0.29) is 11.8 Å². The number of likely N-dealkylation sites (N-methyl/N-ethyl adjacent to an activating group) is 1. The third-order valence-corrected chi connectivity index (χ3v) is 3.29. The lowest BCUT2D eigenvalue weighted by molar-refractivity contribution is -0.131. The third-order valence-electron chi connectivity index (χ3n) is 3.08. The van der Waals surface area contributed by atoms with Crippen LogP contribution in [0.25, 0.3) is 0 Å². The average molecular weight is 268 g/mol. The van der Waals surface area contributed by atoms with Gasteiger partial charge in [0, 0.05) is 19.7 Å². The molecule has 1 aromatic rings.